The third-order valence-corrected chi connectivity index (χ3v) is 3.27. The van der Waals surface area contributed by atoms with E-state index >= 15 is 0 Å². The molecule has 0 aliphatic rings. The number of nitrogens with zero attached hydrogens (tertiary/aromatic N) is 2. The number of benzene rings is 1. The zero-order chi connectivity index (χ0) is 14.6. The third kappa shape index (κ3) is 3.89. The Morgan fingerprint density at radius 3 is 2.47 bits per heavy atom. The fraction of sp³-hybridized carbons (Fsp3) is 0.222. The van der Waals surface area contributed by atoms with E-state index in [1.165, 1.54) is 6.07 Å². The van der Waals surface area contributed by atoms with Crippen LogP contribution in [0.15, 0.2) is 23.1 Å². The molecule has 1 aromatic carbocycles. The number of non-ortho nitro benzene ring substituents is 1. The molecule has 102 valence electrons. The maximum atomic E-state index is 10.8. The number of rotatable bonds is 6. The summed E-state index contributed by atoms with van der Waals surface area (Å²) in [5.41, 5.74) is 4.42. The van der Waals surface area contributed by atoms with Crippen LogP contribution in [0.1, 0.15) is 0 Å². The Labute approximate surface area is 110 Å². The molecule has 0 spiro atoms. The van der Waals surface area contributed by atoms with Gasteiger partial charge in [-0.2, -0.15) is 0 Å². The summed E-state index contributed by atoms with van der Waals surface area (Å²) in [4.78, 5) is 30.5. The Hall–Kier alpha value is -2.20. The van der Waals surface area contributed by atoms with Crippen molar-refractivity contribution in [1.29, 1.82) is 0 Å². The summed E-state index contributed by atoms with van der Waals surface area (Å²) in [6, 6.07) is 1.98. The number of aliphatic carboxylic acids is 1. The summed E-state index contributed by atoms with van der Waals surface area (Å²) in [7, 11) is 0. The first kappa shape index (κ1) is 14.9. The highest BCUT2D eigenvalue weighted by Gasteiger charge is 2.21. The van der Waals surface area contributed by atoms with Crippen molar-refractivity contribution in [3.8, 4) is 0 Å². The highest BCUT2D eigenvalue weighted by atomic mass is 32.2. The van der Waals surface area contributed by atoms with Gasteiger partial charge in [0.25, 0.3) is 11.4 Å². The fourth-order valence-corrected chi connectivity index (χ4v) is 2.08. The van der Waals surface area contributed by atoms with E-state index in [2.05, 4.69) is 0 Å². The van der Waals surface area contributed by atoms with E-state index in [0.717, 1.165) is 23.9 Å². The lowest BCUT2D eigenvalue weighted by Gasteiger charge is -2.06. The van der Waals surface area contributed by atoms with Gasteiger partial charge in [0.2, 0.25) is 0 Å². The summed E-state index contributed by atoms with van der Waals surface area (Å²) >= 11 is 0.862. The average Bonchev–Trinajstić information content (AvgIpc) is 2.35. The summed E-state index contributed by atoms with van der Waals surface area (Å²) in [6.07, 6.45) is 0. The van der Waals surface area contributed by atoms with Gasteiger partial charge < -0.3 is 10.8 Å². The number of carboxylic acid groups (broad SMARTS) is 1. The Kier molecular flexibility index (Phi) is 4.78. The normalized spacial score (nSPS) is 11.8. The second-order valence-corrected chi connectivity index (χ2v) is 4.48. The molecule has 0 aliphatic heterocycles. The summed E-state index contributed by atoms with van der Waals surface area (Å²) in [6.45, 7) is 0. The van der Waals surface area contributed by atoms with E-state index in [-0.39, 0.29) is 10.6 Å². The molecule has 10 heteroatoms. The monoisotopic (exact) mass is 287 g/mol. The van der Waals surface area contributed by atoms with Gasteiger partial charge in [-0.05, 0) is 6.07 Å². The van der Waals surface area contributed by atoms with E-state index in [4.69, 9.17) is 10.8 Å². The lowest BCUT2D eigenvalue weighted by Crippen LogP contribution is -2.32. The van der Waals surface area contributed by atoms with Crippen LogP contribution in [-0.4, -0.2) is 32.7 Å². The zero-order valence-electron chi connectivity index (χ0n) is 9.38. The van der Waals surface area contributed by atoms with Gasteiger partial charge in [0.05, 0.1) is 20.8 Å². The van der Waals surface area contributed by atoms with E-state index in [0.29, 0.717) is 0 Å². The predicted octanol–water partition coefficient (Wildman–Crippen LogP) is 1.01. The van der Waals surface area contributed by atoms with Crippen LogP contribution >= 0.6 is 11.8 Å². The molecule has 1 aromatic rings. The molecule has 0 fully saturated rings. The molecule has 0 unspecified atom stereocenters. The molecule has 0 aromatic heterocycles. The number of nitro groups is 2. The number of hydrogen-bond acceptors (Lipinski definition) is 7. The molecule has 1 rings (SSSR count). The molecule has 1 atom stereocenters. The third-order valence-electron chi connectivity index (χ3n) is 2.09. The molecule has 0 radical (unpaired) electrons. The van der Waals surface area contributed by atoms with Crippen molar-refractivity contribution in [2.24, 2.45) is 5.73 Å². The lowest BCUT2D eigenvalue weighted by atomic mass is 10.3. The second-order valence-electron chi connectivity index (χ2n) is 3.42. The van der Waals surface area contributed by atoms with E-state index in [1.54, 1.807) is 0 Å². The predicted molar refractivity (Wildman–Crippen MR) is 66.1 cm³/mol. The number of carboxylic acids is 1. The van der Waals surface area contributed by atoms with Gasteiger partial charge >= 0.3 is 5.97 Å². The molecule has 0 saturated carbocycles. The van der Waals surface area contributed by atoms with Gasteiger partial charge in [0, 0.05) is 11.8 Å². The number of thioether (sulfide) groups is 1. The average molecular weight is 287 g/mol. The Morgan fingerprint density at radius 1 is 1.37 bits per heavy atom. The highest BCUT2D eigenvalue weighted by Crippen LogP contribution is 2.32. The van der Waals surface area contributed by atoms with Gasteiger partial charge in [-0.1, -0.05) is 0 Å². The number of nitrogens with two attached hydrogens (primary N) is 1. The first-order chi connectivity index (χ1) is 8.82. The Bertz CT molecular complexity index is 535. The van der Waals surface area contributed by atoms with Crippen LogP contribution in [0, 0.1) is 20.2 Å². The minimum absolute atomic E-state index is 0.0754. The van der Waals surface area contributed by atoms with E-state index < -0.39 is 33.2 Å². The van der Waals surface area contributed by atoms with Crippen molar-refractivity contribution in [1.82, 2.24) is 0 Å². The molecule has 9 nitrogen and oxygen atoms in total. The number of carbonyl (C=O) groups is 1. The molecule has 0 saturated heterocycles. The van der Waals surface area contributed by atoms with Crippen LogP contribution < -0.4 is 5.73 Å². The zero-order valence-corrected chi connectivity index (χ0v) is 10.2. The van der Waals surface area contributed by atoms with Crippen molar-refractivity contribution in [2.75, 3.05) is 5.75 Å². The smallest absolute Gasteiger partial charge is 0.321 e. The second kappa shape index (κ2) is 6.11. The SMILES string of the molecule is N[C@@H](CSc1ccc([N+](=O)[O-])cc1[N+](=O)[O-])C(=O)O. The van der Waals surface area contributed by atoms with Gasteiger partial charge in [-0.3, -0.25) is 25.0 Å². The minimum Gasteiger partial charge on any atom is -0.480 e. The van der Waals surface area contributed by atoms with Crippen LogP contribution in [0.25, 0.3) is 0 Å². The number of hydrogen-bond donors (Lipinski definition) is 2. The summed E-state index contributed by atoms with van der Waals surface area (Å²) in [5.74, 6) is -1.30. The largest absolute Gasteiger partial charge is 0.480 e. The molecular formula is C9H9N3O6S. The molecular weight excluding hydrogens is 278 g/mol. The Morgan fingerprint density at radius 2 is 2.00 bits per heavy atom. The minimum atomic E-state index is -1.22. The maximum Gasteiger partial charge on any atom is 0.321 e. The van der Waals surface area contributed by atoms with Crippen molar-refractivity contribution >= 4 is 29.1 Å². The van der Waals surface area contributed by atoms with Crippen molar-refractivity contribution in [3.63, 3.8) is 0 Å². The molecule has 3 N–H and O–H groups in total. The molecule has 0 heterocycles. The van der Waals surface area contributed by atoms with E-state index in [9.17, 15) is 25.0 Å². The summed E-state index contributed by atoms with van der Waals surface area (Å²) in [5, 5.41) is 29.9. The van der Waals surface area contributed by atoms with Gasteiger partial charge in [0.15, 0.2) is 0 Å². The van der Waals surface area contributed by atoms with Crippen LogP contribution in [0.2, 0.25) is 0 Å². The lowest BCUT2D eigenvalue weighted by molar-refractivity contribution is -0.396. The molecule has 0 aliphatic carbocycles. The highest BCUT2D eigenvalue weighted by molar-refractivity contribution is 7.99. The topological polar surface area (TPSA) is 150 Å². The Balaban J connectivity index is 2.97. The van der Waals surface area contributed by atoms with Crippen molar-refractivity contribution in [3.05, 3.63) is 38.4 Å². The van der Waals surface area contributed by atoms with Gasteiger partial charge in [-0.25, -0.2) is 0 Å². The molecule has 0 amide bonds. The van der Waals surface area contributed by atoms with Crippen molar-refractivity contribution in [2.45, 2.75) is 10.9 Å². The van der Waals surface area contributed by atoms with Crippen molar-refractivity contribution < 1.29 is 19.7 Å². The first-order valence-corrected chi connectivity index (χ1v) is 5.85. The molecule has 19 heavy (non-hydrogen) atoms. The van der Waals surface area contributed by atoms with E-state index in [1.807, 2.05) is 0 Å². The van der Waals surface area contributed by atoms with Gasteiger partial charge in [-0.15, -0.1) is 11.8 Å². The van der Waals surface area contributed by atoms with Crippen LogP contribution in [0.4, 0.5) is 11.4 Å². The van der Waals surface area contributed by atoms with Crippen LogP contribution in [0.5, 0.6) is 0 Å². The number of nitro benzene ring substituents is 2. The molecule has 0 bridgehead atoms. The van der Waals surface area contributed by atoms with Crippen LogP contribution in [0.3, 0.4) is 0 Å². The first-order valence-electron chi connectivity index (χ1n) is 4.87. The quantitative estimate of drug-likeness (QED) is 0.447. The van der Waals surface area contributed by atoms with Crippen LogP contribution in [-0.2, 0) is 4.79 Å². The summed E-state index contributed by atoms with van der Waals surface area (Å²) < 4.78 is 0. The standard InChI is InChI=1S/C9H9N3O6S/c10-6(9(13)14)4-19-8-2-1-5(11(15)16)3-7(8)12(17)18/h1-3,6H,4,10H2,(H,13,14)/t6-/m0/s1. The maximum absolute atomic E-state index is 10.8. The van der Waals surface area contributed by atoms with Gasteiger partial charge in [0.1, 0.15) is 6.04 Å². The fourth-order valence-electron chi connectivity index (χ4n) is 1.13.